The van der Waals surface area contributed by atoms with Gasteiger partial charge in [-0.3, -0.25) is 9.59 Å². The van der Waals surface area contributed by atoms with E-state index in [9.17, 15) is 14.4 Å². The number of aryl methyl sites for hydroxylation is 2. The number of benzene rings is 2. The van der Waals surface area contributed by atoms with E-state index in [1.165, 1.54) is 0 Å². The molecule has 7 heteroatoms. The summed E-state index contributed by atoms with van der Waals surface area (Å²) in [6.45, 7) is 15.2. The van der Waals surface area contributed by atoms with Crippen LogP contribution in [0.1, 0.15) is 81.7 Å². The highest BCUT2D eigenvalue weighted by atomic mass is 16.6. The third-order valence-electron chi connectivity index (χ3n) is 6.11. The van der Waals surface area contributed by atoms with Gasteiger partial charge in [-0.1, -0.05) is 75.2 Å². The average molecular weight is 522 g/mol. The van der Waals surface area contributed by atoms with Crippen LogP contribution in [0.15, 0.2) is 49.0 Å². The van der Waals surface area contributed by atoms with Crippen molar-refractivity contribution in [2.45, 2.75) is 78.9 Å². The number of unbranched alkanes of at least 4 members (excludes halogenated alkanes) is 3. The van der Waals surface area contributed by atoms with E-state index in [0.717, 1.165) is 48.1 Å². The molecule has 0 aliphatic carbocycles. The highest BCUT2D eigenvalue weighted by molar-refractivity contribution is 5.99. The Balaban J connectivity index is 2.44. The molecule has 2 aromatic carbocycles. The summed E-state index contributed by atoms with van der Waals surface area (Å²) in [4.78, 5) is 41.4. The molecule has 1 atom stereocenters. The number of amides is 3. The smallest absolute Gasteiger partial charge is 0.408 e. The molecule has 0 aromatic heterocycles. The van der Waals surface area contributed by atoms with E-state index >= 15 is 0 Å². The predicted molar refractivity (Wildman–Crippen MR) is 154 cm³/mol. The first kappa shape index (κ1) is 30.6. The monoisotopic (exact) mass is 521 g/mol. The molecule has 1 unspecified atom stereocenters. The molecule has 0 spiro atoms. The molecule has 206 valence electrons. The van der Waals surface area contributed by atoms with Gasteiger partial charge < -0.3 is 20.3 Å². The number of carbonyl (C=O) groups is 3. The molecule has 2 aromatic rings. The van der Waals surface area contributed by atoms with E-state index in [-0.39, 0.29) is 18.4 Å². The van der Waals surface area contributed by atoms with Crippen molar-refractivity contribution < 1.29 is 19.1 Å². The molecule has 0 aliphatic heterocycles. The zero-order chi connectivity index (χ0) is 28.3. The highest BCUT2D eigenvalue weighted by Crippen LogP contribution is 2.27. The molecule has 7 nitrogen and oxygen atoms in total. The van der Waals surface area contributed by atoms with Gasteiger partial charge in [-0.05, 0) is 69.4 Å². The summed E-state index contributed by atoms with van der Waals surface area (Å²) in [5.74, 6) is -0.678. The van der Waals surface area contributed by atoms with Gasteiger partial charge in [-0.2, -0.15) is 0 Å². The summed E-state index contributed by atoms with van der Waals surface area (Å²) in [5, 5.41) is 5.63. The van der Waals surface area contributed by atoms with Crippen molar-refractivity contribution in [3.63, 3.8) is 0 Å². The van der Waals surface area contributed by atoms with Crippen LogP contribution in [0.25, 0.3) is 6.08 Å². The molecular formula is C31H43N3O4. The molecule has 0 aliphatic rings. The fourth-order valence-corrected chi connectivity index (χ4v) is 4.20. The SMILES string of the molecule is C=Cc1cccc(C(C(=O)Nc2c(C)cccc2C)N(CCCCCC)C(=O)CNC(=O)OC(C)(C)C)c1. The van der Waals surface area contributed by atoms with Crippen LogP contribution in [0.2, 0.25) is 0 Å². The summed E-state index contributed by atoms with van der Waals surface area (Å²) >= 11 is 0. The Bertz CT molecular complexity index is 1100. The van der Waals surface area contributed by atoms with Crippen molar-refractivity contribution in [2.24, 2.45) is 0 Å². The molecule has 2 N–H and O–H groups in total. The molecule has 0 heterocycles. The summed E-state index contributed by atoms with van der Waals surface area (Å²) in [7, 11) is 0. The van der Waals surface area contributed by atoms with Crippen LogP contribution >= 0.6 is 0 Å². The van der Waals surface area contributed by atoms with Crippen LogP contribution in [-0.2, 0) is 14.3 Å². The maximum Gasteiger partial charge on any atom is 0.408 e. The molecular weight excluding hydrogens is 478 g/mol. The molecule has 0 radical (unpaired) electrons. The quantitative estimate of drug-likeness (QED) is 0.310. The Kier molecular flexibility index (Phi) is 11.6. The lowest BCUT2D eigenvalue weighted by molar-refractivity contribution is -0.138. The summed E-state index contributed by atoms with van der Waals surface area (Å²) in [6, 6.07) is 12.4. The standard InChI is InChI=1S/C31H43N3O4/c1-8-10-11-12-19-34(26(35)21-32-30(37)38-31(5,6)7)28(25-18-14-17-24(9-2)20-25)29(36)33-27-22(3)15-13-16-23(27)4/h9,13-18,20,28H,2,8,10-12,19,21H2,1,3-7H3,(H,32,37)(H,33,36). The van der Waals surface area contributed by atoms with Crippen LogP contribution in [-0.4, -0.2) is 41.5 Å². The van der Waals surface area contributed by atoms with Gasteiger partial charge in [0.25, 0.3) is 5.91 Å². The summed E-state index contributed by atoms with van der Waals surface area (Å²) < 4.78 is 5.30. The van der Waals surface area contributed by atoms with Gasteiger partial charge >= 0.3 is 6.09 Å². The second-order valence-corrected chi connectivity index (χ2v) is 10.5. The fraction of sp³-hybridized carbons (Fsp3) is 0.452. The van der Waals surface area contributed by atoms with Crippen molar-refractivity contribution in [1.29, 1.82) is 0 Å². The Morgan fingerprint density at radius 3 is 2.29 bits per heavy atom. The van der Waals surface area contributed by atoms with Crippen LogP contribution in [0.5, 0.6) is 0 Å². The maximum absolute atomic E-state index is 13.9. The highest BCUT2D eigenvalue weighted by Gasteiger charge is 2.32. The van der Waals surface area contributed by atoms with Crippen LogP contribution in [0.3, 0.4) is 0 Å². The number of para-hydroxylation sites is 1. The second-order valence-electron chi connectivity index (χ2n) is 10.5. The third-order valence-corrected chi connectivity index (χ3v) is 6.11. The van der Waals surface area contributed by atoms with Crippen molar-refractivity contribution in [1.82, 2.24) is 10.2 Å². The normalized spacial score (nSPS) is 11.8. The van der Waals surface area contributed by atoms with E-state index in [1.54, 1.807) is 31.7 Å². The van der Waals surface area contributed by atoms with Crippen LogP contribution in [0, 0.1) is 13.8 Å². The van der Waals surface area contributed by atoms with Gasteiger partial charge in [0.1, 0.15) is 18.2 Å². The Morgan fingerprint density at radius 1 is 1.03 bits per heavy atom. The van der Waals surface area contributed by atoms with E-state index in [4.69, 9.17) is 4.74 Å². The molecule has 3 amide bonds. The first-order valence-electron chi connectivity index (χ1n) is 13.3. The lowest BCUT2D eigenvalue weighted by Crippen LogP contribution is -2.47. The van der Waals surface area contributed by atoms with Gasteiger partial charge in [0.15, 0.2) is 0 Å². The van der Waals surface area contributed by atoms with E-state index in [0.29, 0.717) is 12.1 Å². The number of anilines is 1. The van der Waals surface area contributed by atoms with E-state index in [2.05, 4.69) is 24.1 Å². The van der Waals surface area contributed by atoms with E-state index in [1.807, 2.05) is 56.3 Å². The minimum absolute atomic E-state index is 0.281. The molecule has 2 rings (SSSR count). The molecule has 38 heavy (non-hydrogen) atoms. The van der Waals surface area contributed by atoms with Gasteiger partial charge in [0, 0.05) is 12.2 Å². The number of rotatable bonds is 12. The Labute approximate surface area is 227 Å². The second kappa shape index (κ2) is 14.4. The third kappa shape index (κ3) is 9.36. The van der Waals surface area contributed by atoms with Crippen molar-refractivity contribution in [2.75, 3.05) is 18.4 Å². The molecule has 0 saturated heterocycles. The molecule has 0 fully saturated rings. The zero-order valence-corrected chi connectivity index (χ0v) is 23.7. The average Bonchev–Trinajstić information content (AvgIpc) is 2.85. The number of nitrogens with zero attached hydrogens (tertiary/aromatic N) is 1. The zero-order valence-electron chi connectivity index (χ0n) is 23.7. The predicted octanol–water partition coefficient (Wildman–Crippen LogP) is 6.56. The van der Waals surface area contributed by atoms with Gasteiger partial charge in [-0.15, -0.1) is 0 Å². The van der Waals surface area contributed by atoms with Crippen molar-refractivity contribution >= 4 is 29.7 Å². The maximum atomic E-state index is 13.9. The van der Waals surface area contributed by atoms with Crippen molar-refractivity contribution in [3.8, 4) is 0 Å². The molecule has 0 saturated carbocycles. The number of hydrogen-bond acceptors (Lipinski definition) is 4. The van der Waals surface area contributed by atoms with E-state index < -0.39 is 17.7 Å². The number of nitrogens with one attached hydrogen (secondary N) is 2. The summed E-state index contributed by atoms with van der Waals surface area (Å²) in [6.07, 6.45) is 4.77. The molecule has 0 bridgehead atoms. The lowest BCUT2D eigenvalue weighted by Gasteiger charge is -2.32. The van der Waals surface area contributed by atoms with Crippen LogP contribution in [0.4, 0.5) is 10.5 Å². The topological polar surface area (TPSA) is 87.7 Å². The number of carbonyl (C=O) groups excluding carboxylic acids is 3. The van der Waals surface area contributed by atoms with Gasteiger partial charge in [0.2, 0.25) is 5.91 Å². The van der Waals surface area contributed by atoms with Crippen LogP contribution < -0.4 is 10.6 Å². The minimum Gasteiger partial charge on any atom is -0.444 e. The Morgan fingerprint density at radius 2 is 1.68 bits per heavy atom. The fourth-order valence-electron chi connectivity index (χ4n) is 4.20. The van der Waals surface area contributed by atoms with Gasteiger partial charge in [-0.25, -0.2) is 4.79 Å². The first-order valence-corrected chi connectivity index (χ1v) is 13.3. The largest absolute Gasteiger partial charge is 0.444 e. The number of hydrogen-bond donors (Lipinski definition) is 2. The summed E-state index contributed by atoms with van der Waals surface area (Å²) in [5.41, 5.74) is 3.43. The first-order chi connectivity index (χ1) is 18.0. The Hall–Kier alpha value is -3.61. The minimum atomic E-state index is -0.900. The number of ether oxygens (including phenoxy) is 1. The number of alkyl carbamates (subject to hydrolysis) is 1. The van der Waals surface area contributed by atoms with Gasteiger partial charge in [0.05, 0.1) is 0 Å². The van der Waals surface area contributed by atoms with Crippen molar-refractivity contribution in [3.05, 3.63) is 71.3 Å². The lowest BCUT2D eigenvalue weighted by atomic mass is 10.00.